The Bertz CT molecular complexity index is 722. The van der Waals surface area contributed by atoms with E-state index in [-0.39, 0.29) is 11.5 Å². The summed E-state index contributed by atoms with van der Waals surface area (Å²) in [6.07, 6.45) is 4.06. The first-order valence-electron chi connectivity index (χ1n) is 7.68. The quantitative estimate of drug-likeness (QED) is 0.824. The number of hydrogen-bond donors (Lipinski definition) is 1. The van der Waals surface area contributed by atoms with E-state index >= 15 is 0 Å². The molecule has 1 aliphatic carbocycles. The number of amides is 1. The molecule has 0 bridgehead atoms. The molecular formula is C16H20N2O4S. The van der Waals surface area contributed by atoms with Gasteiger partial charge < -0.3 is 10.5 Å². The Morgan fingerprint density at radius 1 is 1.04 bits per heavy atom. The first-order valence-corrected chi connectivity index (χ1v) is 9.12. The largest absolute Gasteiger partial charge is 0.484 e. The van der Waals surface area contributed by atoms with Crippen LogP contribution in [0.5, 0.6) is 5.75 Å². The number of primary amides is 1. The van der Waals surface area contributed by atoms with E-state index < -0.39 is 15.9 Å². The number of nitrogens with two attached hydrogens (primary N) is 1. The molecule has 1 aliphatic heterocycles. The van der Waals surface area contributed by atoms with E-state index in [4.69, 9.17) is 10.5 Å². The molecule has 0 aromatic heterocycles. The smallest absolute Gasteiger partial charge is 0.255 e. The van der Waals surface area contributed by atoms with Gasteiger partial charge in [-0.15, -0.1) is 0 Å². The van der Waals surface area contributed by atoms with Gasteiger partial charge in [0.25, 0.3) is 5.91 Å². The van der Waals surface area contributed by atoms with E-state index in [0.717, 1.165) is 12.8 Å². The molecule has 3 rings (SSSR count). The van der Waals surface area contributed by atoms with Crippen molar-refractivity contribution in [3.63, 3.8) is 0 Å². The molecule has 2 aliphatic rings. The number of carbonyl (C=O) groups is 1. The molecule has 0 radical (unpaired) electrons. The fourth-order valence-electron chi connectivity index (χ4n) is 2.78. The van der Waals surface area contributed by atoms with Crippen molar-refractivity contribution in [1.29, 1.82) is 0 Å². The molecule has 1 aromatic rings. The van der Waals surface area contributed by atoms with Gasteiger partial charge in [-0.05, 0) is 49.9 Å². The molecule has 124 valence electrons. The minimum Gasteiger partial charge on any atom is -0.484 e. The summed E-state index contributed by atoms with van der Waals surface area (Å²) in [6.45, 7) is 0.859. The third-order valence-corrected chi connectivity index (χ3v) is 6.08. The summed E-state index contributed by atoms with van der Waals surface area (Å²) in [5.41, 5.74) is 7.98. The molecule has 0 unspecified atom stereocenters. The van der Waals surface area contributed by atoms with Crippen LogP contribution in [-0.2, 0) is 14.8 Å². The van der Waals surface area contributed by atoms with Crippen molar-refractivity contribution >= 4 is 15.9 Å². The molecule has 0 atom stereocenters. The predicted molar refractivity (Wildman–Crippen MR) is 85.4 cm³/mol. The SMILES string of the molecule is NC(=O)COc1ccc(S(=O)(=O)N2CCC(=C3CC3)CC2)cc1. The van der Waals surface area contributed by atoms with Crippen LogP contribution in [0.3, 0.4) is 0 Å². The molecule has 2 N–H and O–H groups in total. The van der Waals surface area contributed by atoms with E-state index in [1.807, 2.05) is 0 Å². The van der Waals surface area contributed by atoms with Gasteiger partial charge in [0.15, 0.2) is 6.61 Å². The van der Waals surface area contributed by atoms with Crippen molar-refractivity contribution in [2.75, 3.05) is 19.7 Å². The molecule has 0 spiro atoms. The Balaban J connectivity index is 1.67. The summed E-state index contributed by atoms with van der Waals surface area (Å²) in [7, 11) is -3.48. The van der Waals surface area contributed by atoms with Gasteiger partial charge in [0, 0.05) is 13.1 Å². The standard InChI is InChI=1S/C16H20N2O4S/c17-16(19)11-22-14-3-5-15(6-4-14)23(20,21)18-9-7-13(8-10-18)12-1-2-12/h3-6H,1-2,7-11H2,(H2,17,19). The second kappa shape index (κ2) is 6.33. The molecule has 1 amide bonds. The highest BCUT2D eigenvalue weighted by Gasteiger charge is 2.29. The molecule has 1 saturated carbocycles. The Kier molecular flexibility index (Phi) is 4.41. The highest BCUT2D eigenvalue weighted by Crippen LogP contribution is 2.36. The van der Waals surface area contributed by atoms with Gasteiger partial charge >= 0.3 is 0 Å². The zero-order valence-electron chi connectivity index (χ0n) is 12.8. The van der Waals surface area contributed by atoms with Crippen LogP contribution in [0.25, 0.3) is 0 Å². The van der Waals surface area contributed by atoms with Crippen molar-refractivity contribution in [1.82, 2.24) is 4.31 Å². The van der Waals surface area contributed by atoms with Gasteiger partial charge in [0.05, 0.1) is 4.90 Å². The van der Waals surface area contributed by atoms with E-state index in [0.29, 0.717) is 18.8 Å². The van der Waals surface area contributed by atoms with Gasteiger partial charge in [-0.2, -0.15) is 4.31 Å². The fraction of sp³-hybridized carbons (Fsp3) is 0.438. The Morgan fingerprint density at radius 3 is 2.13 bits per heavy atom. The zero-order valence-corrected chi connectivity index (χ0v) is 13.6. The van der Waals surface area contributed by atoms with Gasteiger partial charge in [-0.25, -0.2) is 8.42 Å². The maximum Gasteiger partial charge on any atom is 0.255 e. The third-order valence-electron chi connectivity index (χ3n) is 4.17. The number of benzene rings is 1. The lowest BCUT2D eigenvalue weighted by atomic mass is 10.1. The molecular weight excluding hydrogens is 316 g/mol. The lowest BCUT2D eigenvalue weighted by Gasteiger charge is -2.27. The number of carbonyl (C=O) groups excluding carboxylic acids is 1. The Hall–Kier alpha value is -1.86. The maximum absolute atomic E-state index is 12.7. The van der Waals surface area contributed by atoms with Crippen LogP contribution >= 0.6 is 0 Å². The highest BCUT2D eigenvalue weighted by atomic mass is 32.2. The van der Waals surface area contributed by atoms with Crippen molar-refractivity contribution in [2.24, 2.45) is 5.73 Å². The Morgan fingerprint density at radius 2 is 1.61 bits per heavy atom. The minimum atomic E-state index is -3.48. The second-order valence-electron chi connectivity index (χ2n) is 5.84. The maximum atomic E-state index is 12.7. The van der Waals surface area contributed by atoms with Crippen molar-refractivity contribution in [3.05, 3.63) is 35.4 Å². The number of ether oxygens (including phenoxy) is 1. The number of allylic oxidation sites excluding steroid dienone is 1. The summed E-state index contributed by atoms with van der Waals surface area (Å²) < 4.78 is 32.0. The van der Waals surface area contributed by atoms with Crippen LogP contribution in [0.15, 0.2) is 40.3 Å². The van der Waals surface area contributed by atoms with Crippen LogP contribution in [0.4, 0.5) is 0 Å². The monoisotopic (exact) mass is 336 g/mol. The van der Waals surface area contributed by atoms with Crippen LogP contribution < -0.4 is 10.5 Å². The lowest BCUT2D eigenvalue weighted by molar-refractivity contribution is -0.119. The number of nitrogens with zero attached hydrogens (tertiary/aromatic N) is 1. The second-order valence-corrected chi connectivity index (χ2v) is 7.78. The molecule has 1 aromatic carbocycles. The van der Waals surface area contributed by atoms with Crippen molar-refractivity contribution in [3.8, 4) is 5.75 Å². The van der Waals surface area contributed by atoms with E-state index in [9.17, 15) is 13.2 Å². The van der Waals surface area contributed by atoms with Crippen LogP contribution in [0.1, 0.15) is 25.7 Å². The summed E-state index contributed by atoms with van der Waals surface area (Å²) in [5, 5.41) is 0. The molecule has 6 nitrogen and oxygen atoms in total. The van der Waals surface area contributed by atoms with Gasteiger partial charge in [-0.1, -0.05) is 11.1 Å². The predicted octanol–water partition coefficient (Wildman–Crippen LogP) is 1.43. The molecule has 1 heterocycles. The van der Waals surface area contributed by atoms with Crippen LogP contribution in [0, 0.1) is 0 Å². The van der Waals surface area contributed by atoms with Crippen molar-refractivity contribution < 1.29 is 17.9 Å². The Labute approximate surface area is 136 Å². The first-order chi connectivity index (χ1) is 11.0. The third kappa shape index (κ3) is 3.73. The first kappa shape index (κ1) is 16.0. The number of piperidine rings is 1. The average molecular weight is 336 g/mol. The van der Waals surface area contributed by atoms with Gasteiger partial charge in [0.2, 0.25) is 10.0 Å². The van der Waals surface area contributed by atoms with E-state index in [2.05, 4.69) is 0 Å². The van der Waals surface area contributed by atoms with Gasteiger partial charge in [-0.3, -0.25) is 4.79 Å². The lowest BCUT2D eigenvalue weighted by Crippen LogP contribution is -2.36. The number of sulfonamides is 1. The van der Waals surface area contributed by atoms with E-state index in [1.165, 1.54) is 48.3 Å². The summed E-state index contributed by atoms with van der Waals surface area (Å²) >= 11 is 0. The number of hydrogen-bond acceptors (Lipinski definition) is 4. The summed E-state index contributed by atoms with van der Waals surface area (Å²) in [5.74, 6) is -0.155. The average Bonchev–Trinajstić information content (AvgIpc) is 3.38. The van der Waals surface area contributed by atoms with Gasteiger partial charge in [0.1, 0.15) is 5.75 Å². The summed E-state index contributed by atoms with van der Waals surface area (Å²) in [6, 6.07) is 6.08. The molecule has 1 saturated heterocycles. The van der Waals surface area contributed by atoms with Crippen LogP contribution in [-0.4, -0.2) is 38.3 Å². The number of rotatable bonds is 5. The van der Waals surface area contributed by atoms with E-state index in [1.54, 1.807) is 4.31 Å². The molecule has 23 heavy (non-hydrogen) atoms. The zero-order chi connectivity index (χ0) is 16.4. The summed E-state index contributed by atoms with van der Waals surface area (Å²) in [4.78, 5) is 10.9. The minimum absolute atomic E-state index is 0.227. The normalized spacial score (nSPS) is 18.8. The van der Waals surface area contributed by atoms with Crippen LogP contribution in [0.2, 0.25) is 0 Å². The fourth-order valence-corrected chi connectivity index (χ4v) is 4.22. The topological polar surface area (TPSA) is 89.7 Å². The van der Waals surface area contributed by atoms with Crippen molar-refractivity contribution in [2.45, 2.75) is 30.6 Å². The molecule has 2 fully saturated rings. The molecule has 7 heteroatoms. The highest BCUT2D eigenvalue weighted by molar-refractivity contribution is 7.89.